The summed E-state index contributed by atoms with van der Waals surface area (Å²) in [6, 6.07) is 5.11. The van der Waals surface area contributed by atoms with Gasteiger partial charge in [-0.05, 0) is 49.6 Å². The van der Waals surface area contributed by atoms with E-state index >= 15 is 0 Å². The normalized spacial score (nSPS) is 15.5. The zero-order valence-electron chi connectivity index (χ0n) is 13.2. The Morgan fingerprint density at radius 3 is 2.79 bits per heavy atom. The van der Waals surface area contributed by atoms with Crippen LogP contribution in [0.4, 0.5) is 0 Å². The Morgan fingerprint density at radius 1 is 1.29 bits per heavy atom. The lowest BCUT2D eigenvalue weighted by Crippen LogP contribution is -2.31. The average molecular weight is 352 g/mol. The molecular formula is C16H20N2O5S. The Morgan fingerprint density at radius 2 is 2.08 bits per heavy atom. The number of hydrogen-bond donors (Lipinski definition) is 3. The van der Waals surface area contributed by atoms with Crippen LogP contribution in [0.3, 0.4) is 0 Å². The molecule has 1 aliphatic heterocycles. The molecule has 0 radical (unpaired) electrons. The van der Waals surface area contributed by atoms with E-state index in [9.17, 15) is 13.2 Å². The second-order valence-electron chi connectivity index (χ2n) is 6.17. The van der Waals surface area contributed by atoms with Crippen LogP contribution in [0.2, 0.25) is 0 Å². The number of carboxylic acids is 1. The first-order valence-corrected chi connectivity index (χ1v) is 9.49. The number of aromatic carboxylic acids is 1. The third kappa shape index (κ3) is 3.77. The van der Waals surface area contributed by atoms with Crippen LogP contribution in [-0.2, 0) is 23.1 Å². The van der Waals surface area contributed by atoms with Gasteiger partial charge in [-0.25, -0.2) is 4.79 Å². The molecule has 2 aromatic rings. The van der Waals surface area contributed by atoms with E-state index in [-0.39, 0.29) is 11.3 Å². The first-order valence-electron chi connectivity index (χ1n) is 7.88. The van der Waals surface area contributed by atoms with Crippen LogP contribution < -0.4 is 0 Å². The molecule has 0 fully saturated rings. The number of fused-ring (bicyclic) bond motifs is 3. The van der Waals surface area contributed by atoms with Crippen LogP contribution in [0.25, 0.3) is 10.9 Å². The van der Waals surface area contributed by atoms with Crippen molar-refractivity contribution in [3.8, 4) is 0 Å². The number of rotatable bonds is 6. The van der Waals surface area contributed by atoms with Crippen LogP contribution in [-0.4, -0.2) is 52.8 Å². The summed E-state index contributed by atoms with van der Waals surface area (Å²) < 4.78 is 30.2. The highest BCUT2D eigenvalue weighted by Crippen LogP contribution is 2.28. The van der Waals surface area contributed by atoms with Crippen LogP contribution in [0.5, 0.6) is 0 Å². The maximum atomic E-state index is 11.1. The van der Waals surface area contributed by atoms with E-state index in [0.29, 0.717) is 12.8 Å². The number of carboxylic acid groups (broad SMARTS) is 1. The van der Waals surface area contributed by atoms with Crippen molar-refractivity contribution in [1.29, 1.82) is 0 Å². The molecule has 0 bridgehead atoms. The topological polar surface area (TPSA) is 111 Å². The SMILES string of the molecule is O=C(O)c1ccc2[nH]c3c(c2c1)CCN(CCCCS(=O)(=O)O)C3. The van der Waals surface area contributed by atoms with Crippen LogP contribution in [0.15, 0.2) is 18.2 Å². The van der Waals surface area contributed by atoms with Crippen molar-refractivity contribution in [3.63, 3.8) is 0 Å². The minimum atomic E-state index is -3.88. The van der Waals surface area contributed by atoms with Crippen molar-refractivity contribution in [2.45, 2.75) is 25.8 Å². The van der Waals surface area contributed by atoms with Gasteiger partial charge in [-0.3, -0.25) is 9.45 Å². The zero-order chi connectivity index (χ0) is 17.3. The number of benzene rings is 1. The maximum absolute atomic E-state index is 11.1. The second kappa shape index (κ2) is 6.54. The standard InChI is InChI=1S/C16H20N2O5S/c19-16(20)11-3-4-14-13(9-11)12-5-7-18(10-15(12)17-14)6-1-2-8-24(21,22)23/h3-4,9,17H,1-2,5-8,10H2,(H,19,20)(H,21,22,23). The fourth-order valence-corrected chi connectivity index (χ4v) is 3.81. The molecule has 0 aliphatic carbocycles. The van der Waals surface area contributed by atoms with Gasteiger partial charge in [0.05, 0.1) is 11.3 Å². The molecule has 0 saturated carbocycles. The fourth-order valence-electron chi connectivity index (χ4n) is 3.24. The third-order valence-electron chi connectivity index (χ3n) is 4.43. The van der Waals surface area contributed by atoms with Gasteiger partial charge in [-0.2, -0.15) is 8.42 Å². The van der Waals surface area contributed by atoms with Crippen molar-refractivity contribution in [2.75, 3.05) is 18.8 Å². The summed E-state index contributed by atoms with van der Waals surface area (Å²) in [6.07, 6.45) is 1.98. The zero-order valence-corrected chi connectivity index (χ0v) is 14.0. The molecule has 7 nitrogen and oxygen atoms in total. The van der Waals surface area contributed by atoms with E-state index < -0.39 is 16.1 Å². The van der Waals surface area contributed by atoms with Crippen molar-refractivity contribution in [1.82, 2.24) is 9.88 Å². The van der Waals surface area contributed by atoms with Crippen LogP contribution in [0, 0.1) is 0 Å². The maximum Gasteiger partial charge on any atom is 0.335 e. The lowest BCUT2D eigenvalue weighted by atomic mass is 10.0. The van der Waals surface area contributed by atoms with E-state index in [1.165, 1.54) is 5.56 Å². The number of unbranched alkanes of at least 4 members (excludes halogenated alkanes) is 1. The fraction of sp³-hybridized carbons (Fsp3) is 0.438. The molecule has 0 spiro atoms. The quantitative estimate of drug-likeness (QED) is 0.541. The molecule has 3 N–H and O–H groups in total. The molecule has 3 rings (SSSR count). The molecule has 0 saturated heterocycles. The molecule has 1 aromatic carbocycles. The molecule has 0 atom stereocenters. The van der Waals surface area contributed by atoms with Gasteiger partial charge in [-0.1, -0.05) is 0 Å². The van der Waals surface area contributed by atoms with Crippen molar-refractivity contribution >= 4 is 27.0 Å². The number of H-pyrrole nitrogens is 1. The van der Waals surface area contributed by atoms with Gasteiger partial charge in [0.15, 0.2) is 0 Å². The molecule has 0 unspecified atom stereocenters. The van der Waals surface area contributed by atoms with E-state index in [1.54, 1.807) is 18.2 Å². The molecule has 130 valence electrons. The monoisotopic (exact) mass is 352 g/mol. The van der Waals surface area contributed by atoms with Gasteiger partial charge in [0.2, 0.25) is 0 Å². The van der Waals surface area contributed by atoms with E-state index in [4.69, 9.17) is 9.66 Å². The van der Waals surface area contributed by atoms with Gasteiger partial charge in [-0.15, -0.1) is 0 Å². The van der Waals surface area contributed by atoms with Gasteiger partial charge < -0.3 is 10.1 Å². The Balaban J connectivity index is 1.68. The van der Waals surface area contributed by atoms with Crippen LogP contribution >= 0.6 is 0 Å². The third-order valence-corrected chi connectivity index (χ3v) is 5.23. The predicted molar refractivity (Wildman–Crippen MR) is 89.9 cm³/mol. The number of hydrogen-bond acceptors (Lipinski definition) is 4. The number of aromatic nitrogens is 1. The highest BCUT2D eigenvalue weighted by atomic mass is 32.2. The van der Waals surface area contributed by atoms with Gasteiger partial charge in [0, 0.05) is 29.7 Å². The minimum Gasteiger partial charge on any atom is -0.478 e. The predicted octanol–water partition coefficient (Wildman–Crippen LogP) is 1.89. The molecule has 0 amide bonds. The summed E-state index contributed by atoms with van der Waals surface area (Å²) in [5, 5.41) is 10.1. The van der Waals surface area contributed by atoms with Gasteiger partial charge >= 0.3 is 5.97 Å². The molecule has 1 aliphatic rings. The largest absolute Gasteiger partial charge is 0.478 e. The molecule has 2 heterocycles. The highest BCUT2D eigenvalue weighted by Gasteiger charge is 2.21. The van der Waals surface area contributed by atoms with E-state index in [0.717, 1.165) is 42.7 Å². The Bertz CT molecular complexity index is 872. The van der Waals surface area contributed by atoms with Crippen molar-refractivity contribution in [2.24, 2.45) is 0 Å². The van der Waals surface area contributed by atoms with Crippen molar-refractivity contribution in [3.05, 3.63) is 35.0 Å². The van der Waals surface area contributed by atoms with Crippen LogP contribution in [0.1, 0.15) is 34.5 Å². The van der Waals surface area contributed by atoms with Crippen molar-refractivity contribution < 1.29 is 22.9 Å². The minimum absolute atomic E-state index is 0.198. The van der Waals surface area contributed by atoms with E-state index in [2.05, 4.69) is 9.88 Å². The van der Waals surface area contributed by atoms with Gasteiger partial charge in [0.1, 0.15) is 0 Å². The van der Waals surface area contributed by atoms with Gasteiger partial charge in [0.25, 0.3) is 10.1 Å². The summed E-state index contributed by atoms with van der Waals surface area (Å²) in [5.74, 6) is -1.13. The lowest BCUT2D eigenvalue weighted by molar-refractivity contribution is 0.0697. The molecular weight excluding hydrogens is 332 g/mol. The highest BCUT2D eigenvalue weighted by molar-refractivity contribution is 7.85. The number of nitrogens with one attached hydrogen (secondary N) is 1. The first kappa shape index (κ1) is 16.9. The molecule has 24 heavy (non-hydrogen) atoms. The summed E-state index contributed by atoms with van der Waals surface area (Å²) in [4.78, 5) is 16.7. The first-order chi connectivity index (χ1) is 11.3. The Labute approximate surface area is 140 Å². The summed E-state index contributed by atoms with van der Waals surface area (Å²) in [7, 11) is -3.88. The summed E-state index contributed by atoms with van der Waals surface area (Å²) in [6.45, 7) is 2.35. The number of nitrogens with zero attached hydrogens (tertiary/aromatic N) is 1. The number of aromatic amines is 1. The molecule has 8 heteroatoms. The van der Waals surface area contributed by atoms with E-state index in [1.807, 2.05) is 0 Å². The second-order valence-corrected chi connectivity index (χ2v) is 7.74. The smallest absolute Gasteiger partial charge is 0.335 e. The summed E-state index contributed by atoms with van der Waals surface area (Å²) >= 11 is 0. The number of carbonyl (C=O) groups is 1. The lowest BCUT2D eigenvalue weighted by Gasteiger charge is -2.26. The molecule has 1 aromatic heterocycles. The summed E-state index contributed by atoms with van der Waals surface area (Å²) in [5.41, 5.74) is 3.49. The Kier molecular flexibility index (Phi) is 4.62. The Hall–Kier alpha value is -1.90. The average Bonchev–Trinajstić information content (AvgIpc) is 2.87.